The number of halogens is 2. The van der Waals surface area contributed by atoms with Crippen LogP contribution in [0.5, 0.6) is 5.75 Å². The van der Waals surface area contributed by atoms with E-state index in [0.717, 1.165) is 24.4 Å². The van der Waals surface area contributed by atoms with Gasteiger partial charge in [-0.05, 0) is 37.6 Å². The summed E-state index contributed by atoms with van der Waals surface area (Å²) in [7, 11) is 0. The maximum Gasteiger partial charge on any atom is 0.387 e. The van der Waals surface area contributed by atoms with Crippen LogP contribution in [-0.4, -0.2) is 16.2 Å². The van der Waals surface area contributed by atoms with Crippen LogP contribution in [0.15, 0.2) is 24.3 Å². The van der Waals surface area contributed by atoms with Gasteiger partial charge in [-0.1, -0.05) is 6.92 Å². The number of aromatic nitrogens is 2. The Labute approximate surface area is 116 Å². The number of benzene rings is 1. The minimum absolute atomic E-state index is 0.118. The third kappa shape index (κ3) is 2.89. The summed E-state index contributed by atoms with van der Waals surface area (Å²) in [5.41, 5.74) is 7.54. The molecule has 2 rings (SSSR count). The monoisotopic (exact) mass is 281 g/mol. The van der Waals surface area contributed by atoms with Crippen molar-refractivity contribution in [2.24, 2.45) is 0 Å². The highest BCUT2D eigenvalue weighted by atomic mass is 19.3. The van der Waals surface area contributed by atoms with E-state index in [4.69, 9.17) is 5.73 Å². The molecule has 2 N–H and O–H groups in total. The summed E-state index contributed by atoms with van der Waals surface area (Å²) in [6.07, 6.45) is 0.960. The molecule has 6 heteroatoms. The van der Waals surface area contributed by atoms with Crippen LogP contribution < -0.4 is 10.5 Å². The summed E-state index contributed by atoms with van der Waals surface area (Å²) >= 11 is 0. The second-order valence-electron chi connectivity index (χ2n) is 4.45. The Kier molecular flexibility index (Phi) is 4.22. The first-order chi connectivity index (χ1) is 9.52. The van der Waals surface area contributed by atoms with Crippen LogP contribution in [0.4, 0.5) is 14.6 Å². The molecule has 0 aliphatic rings. The predicted molar refractivity (Wildman–Crippen MR) is 73.7 cm³/mol. The molecule has 1 heterocycles. The van der Waals surface area contributed by atoms with Crippen LogP contribution in [0, 0.1) is 6.92 Å². The predicted octanol–water partition coefficient (Wildman–Crippen LogP) is 3.45. The number of hydrogen-bond acceptors (Lipinski definition) is 3. The zero-order valence-corrected chi connectivity index (χ0v) is 11.4. The van der Waals surface area contributed by atoms with Gasteiger partial charge in [-0.3, -0.25) is 0 Å². The van der Waals surface area contributed by atoms with E-state index < -0.39 is 6.61 Å². The molecule has 0 atom stereocenters. The van der Waals surface area contributed by atoms with Gasteiger partial charge in [0.1, 0.15) is 23.1 Å². The molecule has 2 aromatic rings. The lowest BCUT2D eigenvalue weighted by atomic mass is 10.1. The lowest BCUT2D eigenvalue weighted by Crippen LogP contribution is -2.04. The van der Waals surface area contributed by atoms with Crippen molar-refractivity contribution in [3.8, 4) is 17.0 Å². The second kappa shape index (κ2) is 5.90. The summed E-state index contributed by atoms with van der Waals surface area (Å²) in [5.74, 6) is 1.55. The van der Waals surface area contributed by atoms with E-state index in [9.17, 15) is 8.78 Å². The molecule has 0 aliphatic carbocycles. The third-order valence-corrected chi connectivity index (χ3v) is 3.00. The molecule has 0 aliphatic heterocycles. The molecule has 0 saturated heterocycles. The van der Waals surface area contributed by atoms with Crippen LogP contribution in [0.2, 0.25) is 0 Å². The number of anilines is 1. The molecule has 0 radical (unpaired) electrons. The molecule has 0 fully saturated rings. The van der Waals surface area contributed by atoms with Crippen molar-refractivity contribution in [2.75, 3.05) is 5.73 Å². The van der Waals surface area contributed by atoms with Crippen LogP contribution >= 0.6 is 0 Å². The Morgan fingerprint density at radius 3 is 2.50 bits per heavy atom. The summed E-state index contributed by atoms with van der Waals surface area (Å²) in [6, 6.07) is 6.31. The number of rotatable bonds is 5. The molecular formula is C14H17F2N3O. The lowest BCUT2D eigenvalue weighted by molar-refractivity contribution is -0.0498. The van der Waals surface area contributed by atoms with Gasteiger partial charge >= 0.3 is 6.61 Å². The van der Waals surface area contributed by atoms with Crippen molar-refractivity contribution in [1.29, 1.82) is 0 Å². The van der Waals surface area contributed by atoms with Crippen molar-refractivity contribution in [3.63, 3.8) is 0 Å². The first-order valence-electron chi connectivity index (χ1n) is 6.40. The first kappa shape index (κ1) is 14.3. The Morgan fingerprint density at radius 2 is 1.95 bits per heavy atom. The number of nitrogens with zero attached hydrogens (tertiary/aromatic N) is 2. The quantitative estimate of drug-likeness (QED) is 0.913. The largest absolute Gasteiger partial charge is 0.435 e. The molecular weight excluding hydrogens is 264 g/mol. The molecule has 20 heavy (non-hydrogen) atoms. The standard InChI is InChI=1S/C14H17F2N3O/c1-3-8-19-9(2)18-12(13(19)17)10-4-6-11(7-5-10)20-14(15)16/h4-7,14H,3,8,17H2,1-2H3. The highest BCUT2D eigenvalue weighted by Gasteiger charge is 2.13. The fraction of sp³-hybridized carbons (Fsp3) is 0.357. The van der Waals surface area contributed by atoms with Gasteiger partial charge in [-0.25, -0.2) is 4.98 Å². The number of nitrogen functional groups attached to an aromatic ring is 1. The Balaban J connectivity index is 2.30. The molecule has 0 bridgehead atoms. The fourth-order valence-corrected chi connectivity index (χ4v) is 2.09. The maximum absolute atomic E-state index is 12.1. The Bertz CT molecular complexity index is 579. The number of nitrogens with two attached hydrogens (primary N) is 1. The first-order valence-corrected chi connectivity index (χ1v) is 6.40. The van der Waals surface area contributed by atoms with Crippen LogP contribution in [-0.2, 0) is 6.54 Å². The van der Waals surface area contributed by atoms with Gasteiger partial charge in [0, 0.05) is 12.1 Å². The van der Waals surface area contributed by atoms with Crippen molar-refractivity contribution in [3.05, 3.63) is 30.1 Å². The fourth-order valence-electron chi connectivity index (χ4n) is 2.09. The molecule has 0 amide bonds. The Morgan fingerprint density at radius 1 is 1.30 bits per heavy atom. The molecule has 108 valence electrons. The van der Waals surface area contributed by atoms with Gasteiger partial charge in [0.05, 0.1) is 0 Å². The number of hydrogen-bond donors (Lipinski definition) is 1. The van der Waals surface area contributed by atoms with Crippen molar-refractivity contribution in [1.82, 2.24) is 9.55 Å². The van der Waals surface area contributed by atoms with E-state index in [0.29, 0.717) is 11.5 Å². The second-order valence-corrected chi connectivity index (χ2v) is 4.45. The van der Waals surface area contributed by atoms with Gasteiger partial charge in [-0.2, -0.15) is 8.78 Å². The lowest BCUT2D eigenvalue weighted by Gasteiger charge is -2.06. The SMILES string of the molecule is CCCn1c(C)nc(-c2ccc(OC(F)F)cc2)c1N. The molecule has 0 saturated carbocycles. The number of ether oxygens (including phenoxy) is 1. The van der Waals surface area contributed by atoms with Gasteiger partial charge in [0.2, 0.25) is 0 Å². The van der Waals surface area contributed by atoms with Crippen molar-refractivity contribution < 1.29 is 13.5 Å². The van der Waals surface area contributed by atoms with E-state index in [1.165, 1.54) is 12.1 Å². The smallest absolute Gasteiger partial charge is 0.387 e. The van der Waals surface area contributed by atoms with Crippen LogP contribution in [0.1, 0.15) is 19.2 Å². The minimum atomic E-state index is -2.82. The molecule has 1 aromatic carbocycles. The summed E-state index contributed by atoms with van der Waals surface area (Å²) in [5, 5.41) is 0. The molecule has 1 aromatic heterocycles. The average molecular weight is 281 g/mol. The summed E-state index contributed by atoms with van der Waals surface area (Å²) in [4.78, 5) is 4.44. The van der Waals surface area contributed by atoms with Gasteiger partial charge < -0.3 is 15.0 Å². The van der Waals surface area contributed by atoms with Gasteiger partial charge in [0.25, 0.3) is 0 Å². The minimum Gasteiger partial charge on any atom is -0.435 e. The van der Waals surface area contributed by atoms with Crippen LogP contribution in [0.3, 0.4) is 0 Å². The highest BCUT2D eigenvalue weighted by Crippen LogP contribution is 2.28. The average Bonchev–Trinajstić information content (AvgIpc) is 2.67. The van der Waals surface area contributed by atoms with Crippen LogP contribution in [0.25, 0.3) is 11.3 Å². The molecule has 0 unspecified atom stereocenters. The zero-order chi connectivity index (χ0) is 14.7. The van der Waals surface area contributed by atoms with E-state index in [1.54, 1.807) is 12.1 Å². The number of imidazole rings is 1. The molecule has 4 nitrogen and oxygen atoms in total. The van der Waals surface area contributed by atoms with E-state index in [2.05, 4.69) is 16.6 Å². The van der Waals surface area contributed by atoms with E-state index in [-0.39, 0.29) is 5.75 Å². The Hall–Kier alpha value is -2.11. The number of aryl methyl sites for hydroxylation is 1. The van der Waals surface area contributed by atoms with Gasteiger partial charge in [0.15, 0.2) is 0 Å². The zero-order valence-electron chi connectivity index (χ0n) is 11.4. The normalized spacial score (nSPS) is 11.1. The summed E-state index contributed by atoms with van der Waals surface area (Å²) in [6.45, 7) is 1.94. The van der Waals surface area contributed by atoms with Crippen molar-refractivity contribution >= 4 is 5.82 Å². The van der Waals surface area contributed by atoms with E-state index >= 15 is 0 Å². The molecule has 0 spiro atoms. The van der Waals surface area contributed by atoms with Gasteiger partial charge in [-0.15, -0.1) is 0 Å². The van der Waals surface area contributed by atoms with Crippen molar-refractivity contribution in [2.45, 2.75) is 33.4 Å². The van der Waals surface area contributed by atoms with E-state index in [1.807, 2.05) is 11.5 Å². The topological polar surface area (TPSA) is 53.1 Å². The highest BCUT2D eigenvalue weighted by molar-refractivity contribution is 5.71. The summed E-state index contributed by atoms with van der Waals surface area (Å²) < 4.78 is 30.4. The third-order valence-electron chi connectivity index (χ3n) is 3.00. The number of alkyl halides is 2. The maximum atomic E-state index is 12.1.